The Morgan fingerprint density at radius 3 is 3.15 bits per heavy atom. The van der Waals surface area contributed by atoms with Crippen molar-refractivity contribution in [3.63, 3.8) is 0 Å². The summed E-state index contributed by atoms with van der Waals surface area (Å²) in [6.45, 7) is 0.364. The Balaban J connectivity index is 1.66. The molecule has 0 atom stereocenters. The molecule has 0 spiro atoms. The van der Waals surface area contributed by atoms with E-state index >= 15 is 0 Å². The number of aliphatic imine (C=N–C) groups is 1. The minimum Gasteiger partial charge on any atom is -0.496 e. The van der Waals surface area contributed by atoms with Gasteiger partial charge >= 0.3 is 0 Å². The maximum Gasteiger partial charge on any atom is 0.256 e. The molecule has 1 aromatic carbocycles. The van der Waals surface area contributed by atoms with Crippen molar-refractivity contribution in [3.05, 3.63) is 53.6 Å². The molecule has 2 aliphatic rings. The van der Waals surface area contributed by atoms with Gasteiger partial charge in [-0.05, 0) is 24.3 Å². The molecule has 134 valence electrons. The van der Waals surface area contributed by atoms with Crippen LogP contribution in [0.4, 0.5) is 5.69 Å². The fourth-order valence-electron chi connectivity index (χ4n) is 2.90. The number of anilines is 1. The van der Waals surface area contributed by atoms with Crippen molar-refractivity contribution in [3.8, 4) is 23.1 Å². The Bertz CT molecular complexity index is 1040. The molecule has 0 radical (unpaired) electrons. The van der Waals surface area contributed by atoms with E-state index in [1.807, 2.05) is 0 Å². The summed E-state index contributed by atoms with van der Waals surface area (Å²) in [5.41, 5.74) is 5.72. The topological polar surface area (TPSA) is 118 Å². The highest BCUT2D eigenvalue weighted by Gasteiger charge is 2.27. The van der Waals surface area contributed by atoms with Crippen LogP contribution in [0.5, 0.6) is 5.75 Å². The number of rotatable bonds is 4. The van der Waals surface area contributed by atoms with E-state index in [2.05, 4.69) is 32.0 Å². The smallest absolute Gasteiger partial charge is 0.256 e. The maximum atomic E-state index is 12.8. The fourth-order valence-corrected chi connectivity index (χ4v) is 2.90. The summed E-state index contributed by atoms with van der Waals surface area (Å²) in [5, 5.41) is 20.6. The average Bonchev–Trinajstić information content (AvgIpc) is 3.34. The van der Waals surface area contributed by atoms with E-state index in [1.54, 1.807) is 48.8 Å². The number of nitrogens with one attached hydrogen (secondary N) is 3. The summed E-state index contributed by atoms with van der Waals surface area (Å²) in [5.74, 6) is 0.834. The molecular formula is C18H15N7O2. The number of amides is 1. The normalized spacial score (nSPS) is 14.9. The van der Waals surface area contributed by atoms with E-state index in [9.17, 15) is 4.79 Å². The second-order valence-corrected chi connectivity index (χ2v) is 5.77. The number of carbonyl (C=O) groups is 1. The van der Waals surface area contributed by atoms with Crippen molar-refractivity contribution >= 4 is 17.8 Å². The van der Waals surface area contributed by atoms with Crippen molar-refractivity contribution in [1.82, 2.24) is 20.6 Å². The first-order valence-electron chi connectivity index (χ1n) is 8.11. The Morgan fingerprint density at radius 1 is 1.44 bits per heavy atom. The number of hydrazine groups is 1. The lowest BCUT2D eigenvalue weighted by atomic mass is 10.1. The molecule has 0 saturated carbocycles. The molecule has 0 fully saturated rings. The fraction of sp³-hybridized carbons (Fsp3) is 0.111. The number of methoxy groups -OCH3 is 1. The van der Waals surface area contributed by atoms with Crippen LogP contribution >= 0.6 is 0 Å². The van der Waals surface area contributed by atoms with E-state index < -0.39 is 0 Å². The monoisotopic (exact) mass is 361 g/mol. The van der Waals surface area contributed by atoms with Crippen LogP contribution in [0.3, 0.4) is 0 Å². The molecule has 1 aromatic heterocycles. The van der Waals surface area contributed by atoms with Gasteiger partial charge in [0.1, 0.15) is 5.75 Å². The number of H-pyrrole nitrogens is 1. The Hall–Kier alpha value is -3.90. The zero-order valence-corrected chi connectivity index (χ0v) is 14.4. The van der Waals surface area contributed by atoms with Crippen LogP contribution in [-0.2, 0) is 4.79 Å². The Morgan fingerprint density at radius 2 is 2.33 bits per heavy atom. The van der Waals surface area contributed by atoms with Crippen LogP contribution < -0.4 is 15.5 Å². The van der Waals surface area contributed by atoms with Gasteiger partial charge in [-0.25, -0.2) is 10.4 Å². The van der Waals surface area contributed by atoms with Crippen LogP contribution in [0.15, 0.2) is 53.1 Å². The molecule has 0 saturated heterocycles. The molecule has 4 rings (SSSR count). The lowest BCUT2D eigenvalue weighted by Crippen LogP contribution is -2.27. The standard InChI is InChI=1S/C18H15N7O2/c1-27-15-4-3-11(8-19)7-12(15)16-14(10-21-24-16)23-18(26)13-9-22-25-6-2-5-20-17(13)25/h2-7,10,22H,9H2,1H3,(H,21,24)(H,23,26). The van der Waals surface area contributed by atoms with Gasteiger partial charge in [0.05, 0.1) is 41.9 Å². The summed E-state index contributed by atoms with van der Waals surface area (Å²) in [4.78, 5) is 17.0. The quantitative estimate of drug-likeness (QED) is 0.760. The van der Waals surface area contributed by atoms with Crippen molar-refractivity contribution in [2.45, 2.75) is 0 Å². The second-order valence-electron chi connectivity index (χ2n) is 5.77. The van der Waals surface area contributed by atoms with Crippen LogP contribution in [0.25, 0.3) is 11.3 Å². The number of fused-ring (bicyclic) bond motifs is 1. The molecule has 0 bridgehead atoms. The first-order valence-corrected chi connectivity index (χ1v) is 8.11. The van der Waals surface area contributed by atoms with Gasteiger partial charge in [0.15, 0.2) is 5.82 Å². The lowest BCUT2D eigenvalue weighted by Gasteiger charge is -2.15. The third kappa shape index (κ3) is 2.94. The van der Waals surface area contributed by atoms with E-state index in [4.69, 9.17) is 10.00 Å². The zero-order chi connectivity index (χ0) is 18.8. The molecule has 2 aliphatic heterocycles. The van der Waals surface area contributed by atoms with Crippen LogP contribution in [0.2, 0.25) is 0 Å². The summed E-state index contributed by atoms with van der Waals surface area (Å²) in [7, 11) is 1.54. The largest absolute Gasteiger partial charge is 0.496 e. The van der Waals surface area contributed by atoms with Gasteiger partial charge in [-0.2, -0.15) is 10.4 Å². The van der Waals surface area contributed by atoms with Crippen LogP contribution in [0, 0.1) is 11.3 Å². The summed E-state index contributed by atoms with van der Waals surface area (Å²) in [6.07, 6.45) is 6.72. The van der Waals surface area contributed by atoms with E-state index in [0.717, 1.165) is 0 Å². The number of nitriles is 1. The maximum absolute atomic E-state index is 12.8. The van der Waals surface area contributed by atoms with E-state index in [-0.39, 0.29) is 5.91 Å². The number of benzene rings is 1. The number of allylic oxidation sites excluding steroid dienone is 1. The highest BCUT2D eigenvalue weighted by molar-refractivity contribution is 6.06. The first kappa shape index (κ1) is 16.6. The van der Waals surface area contributed by atoms with Crippen molar-refractivity contribution in [1.29, 1.82) is 5.26 Å². The van der Waals surface area contributed by atoms with Crippen molar-refractivity contribution < 1.29 is 9.53 Å². The molecule has 9 nitrogen and oxygen atoms in total. The van der Waals surface area contributed by atoms with E-state index in [0.29, 0.717) is 46.2 Å². The molecular weight excluding hydrogens is 346 g/mol. The number of aromatic nitrogens is 2. The SMILES string of the molecule is COc1ccc(C#N)cc1-c1[nH]ncc1NC(=O)C1=C2N=CC=CN2NC1. The van der Waals surface area contributed by atoms with Crippen molar-refractivity contribution in [2.75, 3.05) is 19.0 Å². The molecule has 0 aliphatic carbocycles. The third-order valence-corrected chi connectivity index (χ3v) is 4.20. The Kier molecular flexibility index (Phi) is 4.16. The van der Waals surface area contributed by atoms with Gasteiger partial charge in [-0.15, -0.1) is 0 Å². The van der Waals surface area contributed by atoms with E-state index in [1.165, 1.54) is 6.20 Å². The molecule has 27 heavy (non-hydrogen) atoms. The lowest BCUT2D eigenvalue weighted by molar-refractivity contribution is -0.112. The number of nitrogens with zero attached hydrogens (tertiary/aromatic N) is 4. The van der Waals surface area contributed by atoms with Gasteiger partial charge < -0.3 is 10.1 Å². The van der Waals surface area contributed by atoms with Gasteiger partial charge in [-0.3, -0.25) is 14.9 Å². The molecule has 0 unspecified atom stereocenters. The van der Waals surface area contributed by atoms with Crippen LogP contribution in [-0.4, -0.2) is 41.0 Å². The summed E-state index contributed by atoms with van der Waals surface area (Å²) in [6, 6.07) is 7.14. The van der Waals surface area contributed by atoms with Crippen molar-refractivity contribution in [2.24, 2.45) is 4.99 Å². The number of aromatic amines is 1. The Labute approximate surface area is 154 Å². The molecule has 9 heteroatoms. The minimum absolute atomic E-state index is 0.287. The molecule has 1 amide bonds. The number of carbonyl (C=O) groups excluding carboxylic acids is 1. The second kappa shape index (κ2) is 6.78. The number of ether oxygens (including phenoxy) is 1. The first-order chi connectivity index (χ1) is 13.2. The van der Waals surface area contributed by atoms with Gasteiger partial charge in [0.25, 0.3) is 5.91 Å². The molecule has 3 heterocycles. The molecule has 3 N–H and O–H groups in total. The highest BCUT2D eigenvalue weighted by atomic mass is 16.5. The minimum atomic E-state index is -0.287. The molecule has 2 aromatic rings. The van der Waals surface area contributed by atoms with Gasteiger partial charge in [0, 0.05) is 24.5 Å². The summed E-state index contributed by atoms with van der Waals surface area (Å²) < 4.78 is 5.38. The third-order valence-electron chi connectivity index (χ3n) is 4.20. The average molecular weight is 361 g/mol. The predicted octanol–water partition coefficient (Wildman–Crippen LogP) is 1.53. The highest BCUT2D eigenvalue weighted by Crippen LogP contribution is 2.34. The number of hydrogen-bond acceptors (Lipinski definition) is 7. The van der Waals surface area contributed by atoms with Gasteiger partial charge in [0.2, 0.25) is 0 Å². The van der Waals surface area contributed by atoms with Gasteiger partial charge in [-0.1, -0.05) is 0 Å². The van der Waals surface area contributed by atoms with Crippen LogP contribution in [0.1, 0.15) is 5.56 Å². The number of hydrogen-bond donors (Lipinski definition) is 3. The summed E-state index contributed by atoms with van der Waals surface area (Å²) >= 11 is 0. The zero-order valence-electron chi connectivity index (χ0n) is 14.4. The predicted molar refractivity (Wildman–Crippen MR) is 98.4 cm³/mol.